The molecule has 2 aliphatic carbocycles. The van der Waals surface area contributed by atoms with Crippen LogP contribution in [0.15, 0.2) is 24.8 Å². The van der Waals surface area contributed by atoms with E-state index in [9.17, 15) is 5.11 Å². The third-order valence-electron chi connectivity index (χ3n) is 3.58. The molecule has 2 rings (SSSR count). The average Bonchev–Trinajstić information content (AvgIpc) is 2.16. The fourth-order valence-corrected chi connectivity index (χ4v) is 2.50. The predicted molar refractivity (Wildman–Crippen MR) is 49.8 cm³/mol. The molecule has 1 N–H and O–H groups in total. The highest BCUT2D eigenvalue weighted by atomic mass is 16.3. The maximum atomic E-state index is 10.1. The van der Waals surface area contributed by atoms with Gasteiger partial charge in [-0.2, -0.15) is 0 Å². The Balaban J connectivity index is 2.26. The lowest BCUT2D eigenvalue weighted by molar-refractivity contribution is -0.108. The summed E-state index contributed by atoms with van der Waals surface area (Å²) >= 11 is 0. The van der Waals surface area contributed by atoms with Crippen molar-refractivity contribution < 1.29 is 5.11 Å². The molecular formula is C11H16O. The molecule has 0 heterocycles. The van der Waals surface area contributed by atoms with E-state index in [0.717, 1.165) is 19.3 Å². The van der Waals surface area contributed by atoms with Crippen LogP contribution in [-0.2, 0) is 0 Å². The second kappa shape index (κ2) is 2.46. The summed E-state index contributed by atoms with van der Waals surface area (Å²) < 4.78 is 0. The minimum Gasteiger partial charge on any atom is -0.385 e. The zero-order chi connectivity index (χ0) is 8.66. The largest absolute Gasteiger partial charge is 0.385 e. The van der Waals surface area contributed by atoms with Gasteiger partial charge in [0.25, 0.3) is 0 Å². The standard InChI is InChI=1S/C11H16O/c1-2-11(12)9-8-10(11)6-4-3-5-7-10/h2,4,6,12H,1,3,5,7-9H2. The summed E-state index contributed by atoms with van der Waals surface area (Å²) in [7, 11) is 0. The molecule has 1 heteroatoms. The van der Waals surface area contributed by atoms with E-state index in [1.165, 1.54) is 12.8 Å². The molecule has 0 aromatic carbocycles. The van der Waals surface area contributed by atoms with Crippen molar-refractivity contribution in [2.45, 2.75) is 37.7 Å². The van der Waals surface area contributed by atoms with Crippen LogP contribution in [-0.4, -0.2) is 10.7 Å². The fraction of sp³-hybridized carbons (Fsp3) is 0.636. The first-order chi connectivity index (χ1) is 5.72. The smallest absolute Gasteiger partial charge is 0.0915 e. The lowest BCUT2D eigenvalue weighted by Crippen LogP contribution is -2.55. The van der Waals surface area contributed by atoms with Crippen LogP contribution in [0.3, 0.4) is 0 Å². The summed E-state index contributed by atoms with van der Waals surface area (Å²) in [5.74, 6) is 0. The van der Waals surface area contributed by atoms with Gasteiger partial charge in [0, 0.05) is 5.41 Å². The molecule has 1 nitrogen and oxygen atoms in total. The van der Waals surface area contributed by atoms with Crippen molar-refractivity contribution in [3.05, 3.63) is 24.8 Å². The van der Waals surface area contributed by atoms with E-state index in [0.29, 0.717) is 0 Å². The molecule has 1 saturated carbocycles. The van der Waals surface area contributed by atoms with E-state index in [1.54, 1.807) is 6.08 Å². The highest BCUT2D eigenvalue weighted by Gasteiger charge is 2.54. The Morgan fingerprint density at radius 3 is 2.58 bits per heavy atom. The number of hydrogen-bond donors (Lipinski definition) is 1. The van der Waals surface area contributed by atoms with Crippen molar-refractivity contribution >= 4 is 0 Å². The van der Waals surface area contributed by atoms with Gasteiger partial charge in [-0.05, 0) is 32.1 Å². The van der Waals surface area contributed by atoms with Gasteiger partial charge in [-0.3, -0.25) is 0 Å². The predicted octanol–water partition coefficient (Wildman–Crippen LogP) is 2.42. The van der Waals surface area contributed by atoms with E-state index in [-0.39, 0.29) is 5.41 Å². The Morgan fingerprint density at radius 1 is 1.33 bits per heavy atom. The Bertz CT molecular complexity index is 231. The van der Waals surface area contributed by atoms with Gasteiger partial charge in [-0.1, -0.05) is 18.2 Å². The van der Waals surface area contributed by atoms with Crippen molar-refractivity contribution in [1.82, 2.24) is 0 Å². The van der Waals surface area contributed by atoms with Crippen LogP contribution in [0.2, 0.25) is 0 Å². The first-order valence-electron chi connectivity index (χ1n) is 4.76. The molecule has 1 fully saturated rings. The monoisotopic (exact) mass is 164 g/mol. The number of allylic oxidation sites excluding steroid dienone is 1. The van der Waals surface area contributed by atoms with Gasteiger partial charge in [-0.25, -0.2) is 0 Å². The summed E-state index contributed by atoms with van der Waals surface area (Å²) in [5, 5.41) is 10.1. The molecule has 0 amide bonds. The van der Waals surface area contributed by atoms with Gasteiger partial charge < -0.3 is 5.11 Å². The minimum atomic E-state index is -0.593. The van der Waals surface area contributed by atoms with Crippen LogP contribution in [0.1, 0.15) is 32.1 Å². The van der Waals surface area contributed by atoms with Gasteiger partial charge in [0.05, 0.1) is 5.60 Å². The summed E-state index contributed by atoms with van der Waals surface area (Å²) in [4.78, 5) is 0. The van der Waals surface area contributed by atoms with Crippen molar-refractivity contribution in [3.8, 4) is 0 Å². The lowest BCUT2D eigenvalue weighted by atomic mass is 9.53. The van der Waals surface area contributed by atoms with Gasteiger partial charge in [-0.15, -0.1) is 6.58 Å². The average molecular weight is 164 g/mol. The Kier molecular flexibility index (Phi) is 1.65. The molecule has 2 unspecified atom stereocenters. The molecule has 2 atom stereocenters. The van der Waals surface area contributed by atoms with Gasteiger partial charge in [0.15, 0.2) is 0 Å². The quantitative estimate of drug-likeness (QED) is 0.590. The van der Waals surface area contributed by atoms with E-state index < -0.39 is 5.60 Å². The van der Waals surface area contributed by atoms with E-state index in [4.69, 9.17) is 0 Å². The highest BCUT2D eigenvalue weighted by Crippen LogP contribution is 2.56. The molecule has 1 spiro atoms. The highest BCUT2D eigenvalue weighted by molar-refractivity contribution is 5.24. The molecule has 0 aliphatic heterocycles. The summed E-state index contributed by atoms with van der Waals surface area (Å²) in [6.07, 6.45) is 11.7. The molecule has 0 aromatic heterocycles. The van der Waals surface area contributed by atoms with Crippen LogP contribution in [0.25, 0.3) is 0 Å². The normalized spacial score (nSPS) is 45.8. The molecule has 12 heavy (non-hydrogen) atoms. The fourth-order valence-electron chi connectivity index (χ4n) is 2.50. The summed E-state index contributed by atoms with van der Waals surface area (Å²) in [6, 6.07) is 0. The SMILES string of the molecule is C=CC1(O)CCC12C=CCCC2. The molecule has 0 saturated heterocycles. The molecule has 66 valence electrons. The van der Waals surface area contributed by atoms with E-state index >= 15 is 0 Å². The maximum absolute atomic E-state index is 10.1. The lowest BCUT2D eigenvalue weighted by Gasteiger charge is -2.54. The van der Waals surface area contributed by atoms with E-state index in [2.05, 4.69) is 18.7 Å². The number of aliphatic hydroxyl groups is 1. The number of hydrogen-bond acceptors (Lipinski definition) is 1. The van der Waals surface area contributed by atoms with Crippen molar-refractivity contribution in [1.29, 1.82) is 0 Å². The van der Waals surface area contributed by atoms with Crippen LogP contribution < -0.4 is 0 Å². The van der Waals surface area contributed by atoms with Crippen molar-refractivity contribution in [3.63, 3.8) is 0 Å². The Morgan fingerprint density at radius 2 is 2.17 bits per heavy atom. The second-order valence-corrected chi connectivity index (χ2v) is 4.08. The second-order valence-electron chi connectivity index (χ2n) is 4.08. The Hall–Kier alpha value is -0.560. The van der Waals surface area contributed by atoms with E-state index in [1.807, 2.05) is 0 Å². The summed E-state index contributed by atoms with van der Waals surface area (Å²) in [5.41, 5.74) is -0.531. The van der Waals surface area contributed by atoms with Crippen molar-refractivity contribution in [2.24, 2.45) is 5.41 Å². The first-order valence-corrected chi connectivity index (χ1v) is 4.76. The van der Waals surface area contributed by atoms with Crippen LogP contribution >= 0.6 is 0 Å². The van der Waals surface area contributed by atoms with Gasteiger partial charge in [0.1, 0.15) is 0 Å². The van der Waals surface area contributed by atoms with Crippen LogP contribution in [0, 0.1) is 5.41 Å². The van der Waals surface area contributed by atoms with Crippen LogP contribution in [0.4, 0.5) is 0 Å². The molecule has 2 aliphatic rings. The van der Waals surface area contributed by atoms with Crippen LogP contribution in [0.5, 0.6) is 0 Å². The summed E-state index contributed by atoms with van der Waals surface area (Å²) in [6.45, 7) is 3.72. The minimum absolute atomic E-state index is 0.0625. The molecular weight excluding hydrogens is 148 g/mol. The van der Waals surface area contributed by atoms with Crippen molar-refractivity contribution in [2.75, 3.05) is 0 Å². The number of rotatable bonds is 1. The van der Waals surface area contributed by atoms with Gasteiger partial charge in [0.2, 0.25) is 0 Å². The molecule has 0 bridgehead atoms. The third kappa shape index (κ3) is 0.831. The topological polar surface area (TPSA) is 20.2 Å². The first kappa shape index (κ1) is 8.06. The van der Waals surface area contributed by atoms with Gasteiger partial charge >= 0.3 is 0 Å². The Labute approximate surface area is 73.8 Å². The molecule has 0 radical (unpaired) electrons. The molecule has 0 aromatic rings. The zero-order valence-corrected chi connectivity index (χ0v) is 7.42. The third-order valence-corrected chi connectivity index (χ3v) is 3.58. The maximum Gasteiger partial charge on any atom is 0.0915 e. The zero-order valence-electron chi connectivity index (χ0n) is 7.42.